The Labute approximate surface area is 130 Å². The van der Waals surface area contributed by atoms with Crippen molar-refractivity contribution in [3.63, 3.8) is 0 Å². The quantitative estimate of drug-likeness (QED) is 0.856. The van der Waals surface area contributed by atoms with Crippen molar-refractivity contribution in [1.82, 2.24) is 4.90 Å². The molecule has 120 valence electrons. The molecule has 1 saturated heterocycles. The molecule has 1 aliphatic heterocycles. The van der Waals surface area contributed by atoms with Crippen LogP contribution in [0.2, 0.25) is 0 Å². The van der Waals surface area contributed by atoms with Gasteiger partial charge in [0, 0.05) is 37.3 Å². The van der Waals surface area contributed by atoms with Crippen molar-refractivity contribution >= 4 is 17.5 Å². The van der Waals surface area contributed by atoms with Crippen molar-refractivity contribution < 1.29 is 14.3 Å². The molecule has 1 aromatic carbocycles. The minimum absolute atomic E-state index is 0.0429. The summed E-state index contributed by atoms with van der Waals surface area (Å²) in [5.41, 5.74) is 6.27. The Hall–Kier alpha value is -1.92. The molecule has 1 fully saturated rings. The van der Waals surface area contributed by atoms with Gasteiger partial charge in [-0.25, -0.2) is 0 Å². The molecule has 3 N–H and O–H groups in total. The van der Waals surface area contributed by atoms with E-state index in [1.807, 2.05) is 13.8 Å². The lowest BCUT2D eigenvalue weighted by Gasteiger charge is -2.35. The number of nitrogens with one attached hydrogen (secondary N) is 1. The second-order valence-corrected chi connectivity index (χ2v) is 5.76. The lowest BCUT2D eigenvalue weighted by Crippen LogP contribution is -2.46. The molecule has 1 aliphatic rings. The summed E-state index contributed by atoms with van der Waals surface area (Å²) in [4.78, 5) is 25.2. The number of rotatable bonds is 5. The van der Waals surface area contributed by atoms with Gasteiger partial charge in [0.15, 0.2) is 0 Å². The monoisotopic (exact) mass is 305 g/mol. The van der Waals surface area contributed by atoms with Crippen molar-refractivity contribution in [3.8, 4) is 0 Å². The van der Waals surface area contributed by atoms with E-state index in [1.165, 1.54) is 0 Å². The Kier molecular flexibility index (Phi) is 5.51. The van der Waals surface area contributed by atoms with Crippen LogP contribution in [0.25, 0.3) is 0 Å². The van der Waals surface area contributed by atoms with E-state index in [2.05, 4.69) is 10.2 Å². The summed E-state index contributed by atoms with van der Waals surface area (Å²) >= 11 is 0. The maximum atomic E-state index is 12.0. The molecule has 1 heterocycles. The van der Waals surface area contributed by atoms with Gasteiger partial charge in [-0.1, -0.05) is 0 Å². The lowest BCUT2D eigenvalue weighted by atomic mass is 10.2. The average Bonchev–Trinajstić information content (AvgIpc) is 2.45. The van der Waals surface area contributed by atoms with Crippen LogP contribution >= 0.6 is 0 Å². The normalized spacial score (nSPS) is 22.3. The summed E-state index contributed by atoms with van der Waals surface area (Å²) in [7, 11) is 0. The molecule has 6 nitrogen and oxygen atoms in total. The number of anilines is 1. The highest BCUT2D eigenvalue weighted by molar-refractivity contribution is 5.94. The molecule has 0 spiro atoms. The number of carbonyl (C=O) groups excluding carboxylic acids is 2. The van der Waals surface area contributed by atoms with Crippen molar-refractivity contribution in [2.75, 3.05) is 25.0 Å². The van der Waals surface area contributed by atoms with Crippen molar-refractivity contribution in [2.24, 2.45) is 5.73 Å². The van der Waals surface area contributed by atoms with Gasteiger partial charge in [0.05, 0.1) is 12.2 Å². The largest absolute Gasteiger partial charge is 0.373 e. The topological polar surface area (TPSA) is 84.7 Å². The molecule has 0 aromatic heterocycles. The molecule has 2 unspecified atom stereocenters. The van der Waals surface area contributed by atoms with Crippen LogP contribution in [-0.4, -0.2) is 48.6 Å². The highest BCUT2D eigenvalue weighted by atomic mass is 16.5. The maximum Gasteiger partial charge on any atom is 0.248 e. The van der Waals surface area contributed by atoms with Crippen LogP contribution in [0.5, 0.6) is 0 Å². The molecule has 6 heteroatoms. The Morgan fingerprint density at radius 1 is 1.23 bits per heavy atom. The minimum Gasteiger partial charge on any atom is -0.373 e. The molecule has 1 aromatic rings. The van der Waals surface area contributed by atoms with Gasteiger partial charge < -0.3 is 15.8 Å². The molecule has 22 heavy (non-hydrogen) atoms. The van der Waals surface area contributed by atoms with E-state index >= 15 is 0 Å². The van der Waals surface area contributed by atoms with Crippen LogP contribution in [0.15, 0.2) is 24.3 Å². The third kappa shape index (κ3) is 4.82. The SMILES string of the molecule is CC1CN(CCC(=O)Nc2ccc(C(N)=O)cc2)CC(C)O1. The summed E-state index contributed by atoms with van der Waals surface area (Å²) in [5.74, 6) is -0.521. The average molecular weight is 305 g/mol. The van der Waals surface area contributed by atoms with Crippen LogP contribution in [0.4, 0.5) is 5.69 Å². The first-order valence-electron chi connectivity index (χ1n) is 7.51. The standard InChI is InChI=1S/C16H23N3O3/c1-11-9-19(10-12(2)22-11)8-7-15(20)18-14-5-3-13(4-6-14)16(17)21/h3-6,11-12H,7-10H2,1-2H3,(H2,17,21)(H,18,20). The first-order valence-corrected chi connectivity index (χ1v) is 7.51. The van der Waals surface area contributed by atoms with Gasteiger partial charge in [0.2, 0.25) is 11.8 Å². The second kappa shape index (κ2) is 7.38. The van der Waals surface area contributed by atoms with Gasteiger partial charge in [-0.05, 0) is 38.1 Å². The summed E-state index contributed by atoms with van der Waals surface area (Å²) in [5, 5.41) is 2.82. The fraction of sp³-hybridized carbons (Fsp3) is 0.500. The Morgan fingerprint density at radius 3 is 2.36 bits per heavy atom. The van der Waals surface area contributed by atoms with Gasteiger partial charge >= 0.3 is 0 Å². The number of ether oxygens (including phenoxy) is 1. The molecular formula is C16H23N3O3. The van der Waals surface area contributed by atoms with Crippen LogP contribution in [0, 0.1) is 0 Å². The maximum absolute atomic E-state index is 12.0. The molecule has 0 aliphatic carbocycles. The van der Waals surface area contributed by atoms with Gasteiger partial charge in [0.1, 0.15) is 0 Å². The number of primary amides is 1. The number of hydrogen-bond donors (Lipinski definition) is 2. The van der Waals surface area contributed by atoms with Crippen LogP contribution in [0.1, 0.15) is 30.6 Å². The second-order valence-electron chi connectivity index (χ2n) is 5.76. The zero-order chi connectivity index (χ0) is 16.1. The number of morpholine rings is 1. The zero-order valence-corrected chi connectivity index (χ0v) is 13.0. The first-order chi connectivity index (χ1) is 10.4. The number of nitrogens with zero attached hydrogens (tertiary/aromatic N) is 1. The molecule has 2 atom stereocenters. The molecule has 2 rings (SSSR count). The highest BCUT2D eigenvalue weighted by Crippen LogP contribution is 2.12. The van der Waals surface area contributed by atoms with Crippen molar-refractivity contribution in [1.29, 1.82) is 0 Å². The fourth-order valence-corrected chi connectivity index (χ4v) is 2.67. The number of nitrogens with two attached hydrogens (primary N) is 1. The fourth-order valence-electron chi connectivity index (χ4n) is 2.67. The predicted octanol–water partition coefficient (Wildman–Crippen LogP) is 1.22. The predicted molar refractivity (Wildman–Crippen MR) is 84.7 cm³/mol. The van der Waals surface area contributed by atoms with E-state index in [9.17, 15) is 9.59 Å². The van der Waals surface area contributed by atoms with E-state index in [0.29, 0.717) is 24.2 Å². The Balaban J connectivity index is 1.79. The summed E-state index contributed by atoms with van der Waals surface area (Å²) in [6.07, 6.45) is 0.832. The van der Waals surface area contributed by atoms with Crippen LogP contribution in [-0.2, 0) is 9.53 Å². The Bertz CT molecular complexity index is 520. The summed E-state index contributed by atoms with van der Waals surface area (Å²) in [6.45, 7) is 6.51. The number of hydrogen-bond acceptors (Lipinski definition) is 4. The number of amides is 2. The van der Waals surface area contributed by atoms with E-state index in [0.717, 1.165) is 13.1 Å². The molecular weight excluding hydrogens is 282 g/mol. The van der Waals surface area contributed by atoms with E-state index in [4.69, 9.17) is 10.5 Å². The highest BCUT2D eigenvalue weighted by Gasteiger charge is 2.22. The van der Waals surface area contributed by atoms with Gasteiger partial charge in [-0.2, -0.15) is 0 Å². The van der Waals surface area contributed by atoms with E-state index in [-0.39, 0.29) is 18.1 Å². The minimum atomic E-state index is -0.478. The van der Waals surface area contributed by atoms with Crippen LogP contribution < -0.4 is 11.1 Å². The lowest BCUT2D eigenvalue weighted by molar-refractivity contribution is -0.117. The van der Waals surface area contributed by atoms with Gasteiger partial charge in [0.25, 0.3) is 0 Å². The third-order valence-corrected chi connectivity index (χ3v) is 3.60. The van der Waals surface area contributed by atoms with Crippen molar-refractivity contribution in [2.45, 2.75) is 32.5 Å². The molecule has 0 saturated carbocycles. The van der Waals surface area contributed by atoms with Crippen molar-refractivity contribution in [3.05, 3.63) is 29.8 Å². The summed E-state index contributed by atoms with van der Waals surface area (Å²) in [6, 6.07) is 6.56. The molecule has 2 amide bonds. The first kappa shape index (κ1) is 16.5. The van der Waals surface area contributed by atoms with E-state index in [1.54, 1.807) is 24.3 Å². The van der Waals surface area contributed by atoms with E-state index < -0.39 is 5.91 Å². The third-order valence-electron chi connectivity index (χ3n) is 3.60. The zero-order valence-electron chi connectivity index (χ0n) is 13.0. The number of carbonyl (C=O) groups is 2. The smallest absolute Gasteiger partial charge is 0.248 e. The molecule has 0 radical (unpaired) electrons. The Morgan fingerprint density at radius 2 is 1.82 bits per heavy atom. The van der Waals surface area contributed by atoms with Gasteiger partial charge in [-0.3, -0.25) is 14.5 Å². The van der Waals surface area contributed by atoms with Gasteiger partial charge in [-0.15, -0.1) is 0 Å². The van der Waals surface area contributed by atoms with Crippen LogP contribution in [0.3, 0.4) is 0 Å². The molecule has 0 bridgehead atoms. The summed E-state index contributed by atoms with van der Waals surface area (Å²) < 4.78 is 5.67. The number of benzene rings is 1.